The van der Waals surface area contributed by atoms with E-state index in [4.69, 9.17) is 4.74 Å². The van der Waals surface area contributed by atoms with Gasteiger partial charge in [0.25, 0.3) is 11.8 Å². The minimum Gasteiger partial charge on any atom is -0.484 e. The van der Waals surface area contributed by atoms with Gasteiger partial charge in [-0.25, -0.2) is 14.7 Å². The number of urea groups is 1. The van der Waals surface area contributed by atoms with E-state index >= 15 is 0 Å². The van der Waals surface area contributed by atoms with Crippen molar-refractivity contribution in [3.05, 3.63) is 76.8 Å². The van der Waals surface area contributed by atoms with E-state index in [1.54, 1.807) is 45.3 Å². The smallest absolute Gasteiger partial charge is 0.325 e. The standard InChI is InChI=1S/C28H29N5O6S/c1-16(18-8-6-5-7-9-18)24(25(36)31-27-29-21(15-40-27)17(2)34)33-26(37)23(30-28(33)38)19-10-12-20(13-11-19)39-14-22(35)32(3)4/h5-13,15-16,23-24H,14H2,1-4H3,(H,30,38)(H,29,31,36)/t16-,23+,24-/m0/s1. The van der Waals surface area contributed by atoms with Crippen LogP contribution in [-0.4, -0.2) is 71.1 Å². The number of nitrogens with one attached hydrogen (secondary N) is 2. The molecule has 1 saturated heterocycles. The first-order valence-electron chi connectivity index (χ1n) is 12.5. The number of nitrogens with zero attached hydrogens (tertiary/aromatic N) is 3. The zero-order valence-electron chi connectivity index (χ0n) is 22.4. The quantitative estimate of drug-likeness (QED) is 0.285. The summed E-state index contributed by atoms with van der Waals surface area (Å²) in [5.41, 5.74) is 1.45. The maximum atomic E-state index is 13.6. The zero-order chi connectivity index (χ0) is 29.0. The highest BCUT2D eigenvalue weighted by Gasteiger charge is 2.47. The highest BCUT2D eigenvalue weighted by molar-refractivity contribution is 7.14. The largest absolute Gasteiger partial charge is 0.484 e. The molecule has 3 aromatic rings. The number of ketones is 1. The molecule has 0 unspecified atom stereocenters. The minimum atomic E-state index is -1.20. The van der Waals surface area contributed by atoms with Gasteiger partial charge in [-0.05, 0) is 23.3 Å². The summed E-state index contributed by atoms with van der Waals surface area (Å²) in [7, 11) is 3.25. The molecule has 4 rings (SSSR count). The van der Waals surface area contributed by atoms with E-state index in [1.807, 2.05) is 30.3 Å². The normalized spacial score (nSPS) is 16.2. The van der Waals surface area contributed by atoms with Crippen molar-refractivity contribution in [1.29, 1.82) is 0 Å². The maximum Gasteiger partial charge on any atom is 0.325 e. The molecule has 1 fully saturated rings. The fraction of sp³-hybridized carbons (Fsp3) is 0.286. The first-order valence-corrected chi connectivity index (χ1v) is 13.3. The molecule has 12 heteroatoms. The zero-order valence-corrected chi connectivity index (χ0v) is 23.2. The molecule has 0 saturated carbocycles. The van der Waals surface area contributed by atoms with Gasteiger partial charge in [-0.2, -0.15) is 0 Å². The Labute approximate surface area is 235 Å². The Morgan fingerprint density at radius 3 is 2.38 bits per heavy atom. The van der Waals surface area contributed by atoms with E-state index in [2.05, 4.69) is 15.6 Å². The van der Waals surface area contributed by atoms with Crippen molar-refractivity contribution < 1.29 is 28.7 Å². The van der Waals surface area contributed by atoms with Crippen LogP contribution in [0.2, 0.25) is 0 Å². The molecule has 2 heterocycles. The number of benzene rings is 2. The summed E-state index contributed by atoms with van der Waals surface area (Å²) in [4.78, 5) is 70.4. The van der Waals surface area contributed by atoms with Gasteiger partial charge in [0.05, 0.1) is 0 Å². The topological polar surface area (TPSA) is 138 Å². The van der Waals surface area contributed by atoms with Crippen molar-refractivity contribution in [3.63, 3.8) is 0 Å². The Bertz CT molecular complexity index is 1420. The lowest BCUT2D eigenvalue weighted by atomic mass is 9.91. The molecule has 3 atom stereocenters. The van der Waals surface area contributed by atoms with Crippen LogP contribution >= 0.6 is 11.3 Å². The number of Topliss-reactive ketones (excluding diaryl/α,β-unsaturated/α-hetero) is 1. The van der Waals surface area contributed by atoms with E-state index in [0.717, 1.165) is 21.8 Å². The fourth-order valence-corrected chi connectivity index (χ4v) is 4.95. The van der Waals surface area contributed by atoms with E-state index < -0.39 is 35.8 Å². The molecule has 0 spiro atoms. The number of rotatable bonds is 10. The number of carbonyl (C=O) groups is 5. The SMILES string of the molecule is CC(=O)c1csc(NC(=O)[C@H]([C@@H](C)c2ccccc2)N2C(=O)N[C@H](c3ccc(OCC(=O)N(C)C)cc3)C2=O)n1. The summed E-state index contributed by atoms with van der Waals surface area (Å²) < 4.78 is 5.49. The van der Waals surface area contributed by atoms with Gasteiger partial charge in [-0.3, -0.25) is 19.2 Å². The number of hydrogen-bond acceptors (Lipinski definition) is 8. The Kier molecular flexibility index (Phi) is 8.58. The van der Waals surface area contributed by atoms with Crippen LogP contribution in [0.3, 0.4) is 0 Å². The Balaban J connectivity index is 1.58. The van der Waals surface area contributed by atoms with Crippen molar-refractivity contribution in [2.24, 2.45) is 0 Å². The maximum absolute atomic E-state index is 13.6. The van der Waals surface area contributed by atoms with E-state index in [1.165, 1.54) is 17.2 Å². The monoisotopic (exact) mass is 563 g/mol. The van der Waals surface area contributed by atoms with Crippen LogP contribution in [0.25, 0.3) is 0 Å². The highest BCUT2D eigenvalue weighted by atomic mass is 32.1. The average molecular weight is 564 g/mol. The van der Waals surface area contributed by atoms with Gasteiger partial charge >= 0.3 is 6.03 Å². The molecule has 5 amide bonds. The molecular weight excluding hydrogens is 534 g/mol. The summed E-state index contributed by atoms with van der Waals surface area (Å²) in [5, 5.41) is 7.07. The Morgan fingerprint density at radius 2 is 1.77 bits per heavy atom. The van der Waals surface area contributed by atoms with E-state index in [9.17, 15) is 24.0 Å². The van der Waals surface area contributed by atoms with Crippen LogP contribution in [0, 0.1) is 0 Å². The molecule has 0 aliphatic carbocycles. The molecule has 40 heavy (non-hydrogen) atoms. The summed E-state index contributed by atoms with van der Waals surface area (Å²) in [5.74, 6) is -1.79. The number of hydrogen-bond donors (Lipinski definition) is 2. The Hall–Kier alpha value is -4.58. The van der Waals surface area contributed by atoms with Crippen LogP contribution in [0.4, 0.5) is 9.93 Å². The van der Waals surface area contributed by atoms with Crippen molar-refractivity contribution in [2.75, 3.05) is 26.0 Å². The van der Waals surface area contributed by atoms with Gasteiger partial charge in [0.1, 0.15) is 23.5 Å². The molecule has 0 bridgehead atoms. The molecule has 1 aromatic heterocycles. The molecule has 2 aromatic carbocycles. The van der Waals surface area contributed by atoms with Crippen LogP contribution in [0.5, 0.6) is 5.75 Å². The number of ether oxygens (including phenoxy) is 1. The van der Waals surface area contributed by atoms with Gasteiger partial charge in [0.15, 0.2) is 17.5 Å². The van der Waals surface area contributed by atoms with Crippen LogP contribution in [0.1, 0.15) is 47.4 Å². The minimum absolute atomic E-state index is 0.138. The van der Waals surface area contributed by atoms with E-state index in [-0.39, 0.29) is 29.1 Å². The lowest BCUT2D eigenvalue weighted by Crippen LogP contribution is -2.50. The number of carbonyl (C=O) groups excluding carboxylic acids is 5. The number of amides is 5. The van der Waals surface area contributed by atoms with Crippen molar-refractivity contribution >= 4 is 46.0 Å². The second-order valence-corrected chi connectivity index (χ2v) is 10.3. The van der Waals surface area contributed by atoms with Crippen LogP contribution < -0.4 is 15.4 Å². The first-order chi connectivity index (χ1) is 19.1. The predicted molar refractivity (Wildman–Crippen MR) is 148 cm³/mol. The van der Waals surface area contributed by atoms with Crippen molar-refractivity contribution in [2.45, 2.75) is 31.8 Å². The number of thiazole rings is 1. The lowest BCUT2D eigenvalue weighted by Gasteiger charge is -2.29. The van der Waals surface area contributed by atoms with E-state index in [0.29, 0.717) is 11.3 Å². The molecule has 208 valence electrons. The average Bonchev–Trinajstić information content (AvgIpc) is 3.52. The summed E-state index contributed by atoms with van der Waals surface area (Å²) in [6.45, 7) is 2.99. The number of imide groups is 1. The van der Waals surface area contributed by atoms with Gasteiger partial charge in [0.2, 0.25) is 5.91 Å². The molecule has 2 N–H and O–H groups in total. The number of likely N-dealkylation sites (N-methyl/N-ethyl adjacent to an activating group) is 1. The Morgan fingerprint density at radius 1 is 1.10 bits per heavy atom. The molecule has 11 nitrogen and oxygen atoms in total. The fourth-order valence-electron chi connectivity index (χ4n) is 4.19. The number of anilines is 1. The number of aromatic nitrogens is 1. The summed E-state index contributed by atoms with van der Waals surface area (Å²) in [6, 6.07) is 12.6. The second kappa shape index (κ2) is 12.1. The third kappa shape index (κ3) is 6.18. The van der Waals surface area contributed by atoms with Gasteiger partial charge < -0.3 is 20.3 Å². The second-order valence-electron chi connectivity index (χ2n) is 9.46. The van der Waals surface area contributed by atoms with Gasteiger partial charge in [-0.1, -0.05) is 49.4 Å². The predicted octanol–water partition coefficient (Wildman–Crippen LogP) is 3.22. The highest BCUT2D eigenvalue weighted by Crippen LogP contribution is 2.32. The van der Waals surface area contributed by atoms with Gasteiger partial charge in [-0.15, -0.1) is 11.3 Å². The third-order valence-electron chi connectivity index (χ3n) is 6.49. The summed E-state index contributed by atoms with van der Waals surface area (Å²) in [6.07, 6.45) is 0. The third-order valence-corrected chi connectivity index (χ3v) is 7.24. The van der Waals surface area contributed by atoms with Crippen molar-refractivity contribution in [3.8, 4) is 5.75 Å². The van der Waals surface area contributed by atoms with Crippen LogP contribution in [0.15, 0.2) is 60.0 Å². The lowest BCUT2D eigenvalue weighted by molar-refractivity contribution is -0.134. The molecule has 1 aliphatic rings. The first kappa shape index (κ1) is 28.4. The molecule has 1 aliphatic heterocycles. The summed E-state index contributed by atoms with van der Waals surface area (Å²) >= 11 is 1.08. The van der Waals surface area contributed by atoms with Crippen LogP contribution in [-0.2, 0) is 14.4 Å². The molecule has 0 radical (unpaired) electrons. The van der Waals surface area contributed by atoms with Gasteiger partial charge in [0, 0.05) is 32.3 Å². The van der Waals surface area contributed by atoms with Crippen molar-refractivity contribution in [1.82, 2.24) is 20.1 Å². The molecular formula is C28H29N5O6S.